The largest absolute Gasteiger partial charge is 0.479 e. The smallest absolute Gasteiger partial charge is 0.375 e. The highest BCUT2D eigenvalue weighted by atomic mass is 16.7. The van der Waals surface area contributed by atoms with Crippen molar-refractivity contribution in [3.63, 3.8) is 0 Å². The van der Waals surface area contributed by atoms with Crippen molar-refractivity contribution < 1.29 is 14.4 Å². The molecule has 1 unspecified atom stereocenters. The molecule has 6 nitrogen and oxygen atoms in total. The van der Waals surface area contributed by atoms with Crippen LogP contribution in [0.1, 0.15) is 19.0 Å². The van der Waals surface area contributed by atoms with Gasteiger partial charge in [-0.1, -0.05) is 36.3 Å². The molecular weight excluding hydrogens is 282 g/mol. The van der Waals surface area contributed by atoms with E-state index in [2.05, 4.69) is 10.1 Å². The molecule has 0 saturated heterocycles. The molecule has 0 fully saturated rings. The maximum absolute atomic E-state index is 12.0. The van der Waals surface area contributed by atoms with Crippen LogP contribution < -0.4 is 10.5 Å². The Morgan fingerprint density at radius 1 is 1.23 bits per heavy atom. The van der Waals surface area contributed by atoms with Gasteiger partial charge in [-0.2, -0.15) is 0 Å². The SMILES string of the molecule is CCC(Oc1ccccc1)C(=O)O/N=C(\N)c1ccccn1. The fraction of sp³-hybridized carbons (Fsp3) is 0.188. The Morgan fingerprint density at radius 3 is 2.59 bits per heavy atom. The first-order valence-corrected chi connectivity index (χ1v) is 6.88. The summed E-state index contributed by atoms with van der Waals surface area (Å²) in [5.41, 5.74) is 6.14. The zero-order valence-electron chi connectivity index (χ0n) is 12.2. The Kier molecular flexibility index (Phi) is 5.48. The van der Waals surface area contributed by atoms with Gasteiger partial charge >= 0.3 is 5.97 Å². The molecule has 0 radical (unpaired) electrons. The maximum Gasteiger partial charge on any atom is 0.375 e. The van der Waals surface area contributed by atoms with E-state index >= 15 is 0 Å². The molecule has 1 aromatic carbocycles. The first-order valence-electron chi connectivity index (χ1n) is 6.88. The van der Waals surface area contributed by atoms with Gasteiger partial charge in [0.2, 0.25) is 0 Å². The standard InChI is InChI=1S/C16H17N3O3/c1-2-14(21-12-8-4-3-5-9-12)16(20)22-19-15(17)13-10-6-7-11-18-13/h3-11,14H,2H2,1H3,(H2,17,19). The monoisotopic (exact) mass is 299 g/mol. The van der Waals surface area contributed by atoms with Gasteiger partial charge in [0, 0.05) is 6.20 Å². The van der Waals surface area contributed by atoms with Gasteiger partial charge in [-0.25, -0.2) is 4.79 Å². The lowest BCUT2D eigenvalue weighted by Gasteiger charge is -2.14. The molecular formula is C16H17N3O3. The van der Waals surface area contributed by atoms with E-state index in [1.807, 2.05) is 25.1 Å². The number of amidine groups is 1. The summed E-state index contributed by atoms with van der Waals surface area (Å²) < 4.78 is 5.56. The number of pyridine rings is 1. The van der Waals surface area contributed by atoms with Crippen LogP contribution >= 0.6 is 0 Å². The number of rotatable bonds is 6. The van der Waals surface area contributed by atoms with Gasteiger partial charge in [-0.05, 0) is 30.7 Å². The van der Waals surface area contributed by atoms with Gasteiger partial charge in [-0.3, -0.25) is 4.98 Å². The Morgan fingerprint density at radius 2 is 1.95 bits per heavy atom. The lowest BCUT2D eigenvalue weighted by Crippen LogP contribution is -2.28. The second-order valence-electron chi connectivity index (χ2n) is 4.43. The molecule has 0 bridgehead atoms. The molecule has 0 aliphatic heterocycles. The lowest BCUT2D eigenvalue weighted by atomic mass is 10.2. The molecule has 114 valence electrons. The number of carbonyl (C=O) groups excluding carboxylic acids is 1. The van der Waals surface area contributed by atoms with Crippen LogP contribution in [0.15, 0.2) is 59.9 Å². The number of para-hydroxylation sites is 1. The van der Waals surface area contributed by atoms with Gasteiger partial charge in [0.05, 0.1) is 0 Å². The van der Waals surface area contributed by atoms with Crippen LogP contribution in [0.3, 0.4) is 0 Å². The Balaban J connectivity index is 1.98. The zero-order chi connectivity index (χ0) is 15.8. The number of nitrogens with two attached hydrogens (primary N) is 1. The average molecular weight is 299 g/mol. The number of oxime groups is 1. The summed E-state index contributed by atoms with van der Waals surface area (Å²) >= 11 is 0. The molecule has 2 N–H and O–H groups in total. The average Bonchev–Trinajstić information content (AvgIpc) is 2.59. The van der Waals surface area contributed by atoms with Crippen LogP contribution in [0.25, 0.3) is 0 Å². The number of nitrogens with zero attached hydrogens (tertiary/aromatic N) is 2. The normalized spacial score (nSPS) is 12.5. The fourth-order valence-corrected chi connectivity index (χ4v) is 1.68. The molecule has 1 heterocycles. The number of benzene rings is 1. The van der Waals surface area contributed by atoms with E-state index in [1.54, 1.807) is 36.5 Å². The number of ether oxygens (including phenoxy) is 1. The molecule has 0 aliphatic rings. The van der Waals surface area contributed by atoms with Gasteiger partial charge in [0.1, 0.15) is 11.4 Å². The molecule has 6 heteroatoms. The second-order valence-corrected chi connectivity index (χ2v) is 4.43. The highest BCUT2D eigenvalue weighted by Crippen LogP contribution is 2.13. The van der Waals surface area contributed by atoms with E-state index in [-0.39, 0.29) is 5.84 Å². The molecule has 0 saturated carbocycles. The minimum Gasteiger partial charge on any atom is -0.479 e. The van der Waals surface area contributed by atoms with Crippen molar-refractivity contribution in [1.82, 2.24) is 4.98 Å². The Bertz CT molecular complexity index is 630. The van der Waals surface area contributed by atoms with Crippen molar-refractivity contribution in [1.29, 1.82) is 0 Å². The van der Waals surface area contributed by atoms with Crippen molar-refractivity contribution in [3.8, 4) is 5.75 Å². The van der Waals surface area contributed by atoms with Gasteiger partial charge in [0.15, 0.2) is 11.9 Å². The lowest BCUT2D eigenvalue weighted by molar-refractivity contribution is -0.152. The summed E-state index contributed by atoms with van der Waals surface area (Å²) in [4.78, 5) is 20.8. The van der Waals surface area contributed by atoms with Crippen molar-refractivity contribution in [2.24, 2.45) is 10.9 Å². The van der Waals surface area contributed by atoms with Crippen molar-refractivity contribution in [2.45, 2.75) is 19.4 Å². The summed E-state index contributed by atoms with van der Waals surface area (Å²) in [6.45, 7) is 1.82. The van der Waals surface area contributed by atoms with Crippen LogP contribution in [0.2, 0.25) is 0 Å². The third-order valence-electron chi connectivity index (χ3n) is 2.82. The van der Waals surface area contributed by atoms with Crippen LogP contribution in [-0.2, 0) is 9.63 Å². The number of hydrogen-bond donors (Lipinski definition) is 1. The molecule has 0 spiro atoms. The van der Waals surface area contributed by atoms with E-state index in [4.69, 9.17) is 15.3 Å². The summed E-state index contributed by atoms with van der Waals surface area (Å²) in [5.74, 6) is 0.0155. The minimum atomic E-state index is -0.748. The molecule has 2 aromatic rings. The van der Waals surface area contributed by atoms with Crippen LogP contribution in [0.4, 0.5) is 0 Å². The van der Waals surface area contributed by atoms with Crippen molar-refractivity contribution >= 4 is 11.8 Å². The molecule has 0 amide bonds. The topological polar surface area (TPSA) is 86.8 Å². The van der Waals surface area contributed by atoms with E-state index in [9.17, 15) is 4.79 Å². The summed E-state index contributed by atoms with van der Waals surface area (Å²) in [6.07, 6.45) is 1.28. The van der Waals surface area contributed by atoms with E-state index in [0.29, 0.717) is 17.9 Å². The van der Waals surface area contributed by atoms with Crippen molar-refractivity contribution in [3.05, 3.63) is 60.4 Å². The predicted molar refractivity (Wildman–Crippen MR) is 82.2 cm³/mol. The minimum absolute atomic E-state index is 0.0310. The third kappa shape index (κ3) is 4.31. The summed E-state index contributed by atoms with van der Waals surface area (Å²) in [7, 11) is 0. The van der Waals surface area contributed by atoms with Crippen LogP contribution in [-0.4, -0.2) is 22.9 Å². The Labute approximate surface area is 128 Å². The number of carbonyl (C=O) groups is 1. The molecule has 1 aromatic heterocycles. The first-order chi connectivity index (χ1) is 10.7. The number of aromatic nitrogens is 1. The quantitative estimate of drug-likeness (QED) is 0.382. The van der Waals surface area contributed by atoms with E-state index < -0.39 is 12.1 Å². The van der Waals surface area contributed by atoms with Crippen LogP contribution in [0, 0.1) is 0 Å². The molecule has 0 aliphatic carbocycles. The second kappa shape index (κ2) is 7.78. The summed E-state index contributed by atoms with van der Waals surface area (Å²) in [5, 5.41) is 3.61. The summed E-state index contributed by atoms with van der Waals surface area (Å²) in [6, 6.07) is 14.2. The van der Waals surface area contributed by atoms with Gasteiger partial charge < -0.3 is 15.3 Å². The van der Waals surface area contributed by atoms with Crippen LogP contribution in [0.5, 0.6) is 5.75 Å². The zero-order valence-corrected chi connectivity index (χ0v) is 12.2. The van der Waals surface area contributed by atoms with Crippen molar-refractivity contribution in [2.75, 3.05) is 0 Å². The maximum atomic E-state index is 12.0. The molecule has 2 rings (SSSR count). The molecule has 22 heavy (non-hydrogen) atoms. The van der Waals surface area contributed by atoms with E-state index in [1.165, 1.54) is 0 Å². The van der Waals surface area contributed by atoms with Gasteiger partial charge in [0.25, 0.3) is 0 Å². The molecule has 1 atom stereocenters. The van der Waals surface area contributed by atoms with Gasteiger partial charge in [-0.15, -0.1) is 0 Å². The number of hydrogen-bond acceptors (Lipinski definition) is 5. The highest BCUT2D eigenvalue weighted by Gasteiger charge is 2.20. The van der Waals surface area contributed by atoms with E-state index in [0.717, 1.165) is 0 Å². The predicted octanol–water partition coefficient (Wildman–Crippen LogP) is 2.10. The first kappa shape index (κ1) is 15.5. The third-order valence-corrected chi connectivity index (χ3v) is 2.82. The fourth-order valence-electron chi connectivity index (χ4n) is 1.68. The Hall–Kier alpha value is -2.89. The highest BCUT2D eigenvalue weighted by molar-refractivity contribution is 5.95.